The van der Waals surface area contributed by atoms with Crippen molar-refractivity contribution in [1.82, 2.24) is 9.97 Å². The minimum atomic E-state index is 0.589. The fraction of sp³-hybridized carbons (Fsp3) is 0.600. The van der Waals surface area contributed by atoms with Crippen LogP contribution in [0.5, 0.6) is 5.88 Å². The van der Waals surface area contributed by atoms with Crippen LogP contribution in [0.25, 0.3) is 0 Å². The highest BCUT2D eigenvalue weighted by Gasteiger charge is 2.22. The maximum atomic E-state index is 5.65. The first-order valence-electron chi connectivity index (χ1n) is 5.14. The van der Waals surface area contributed by atoms with Crippen LogP contribution in [0.3, 0.4) is 0 Å². The third-order valence-electron chi connectivity index (χ3n) is 2.78. The number of aromatic nitrogens is 2. The lowest BCUT2D eigenvalue weighted by Gasteiger charge is -2.17. The number of methoxy groups -OCH3 is 1. The summed E-state index contributed by atoms with van der Waals surface area (Å²) in [6.45, 7) is 2.75. The molecule has 0 bridgehead atoms. The molecule has 0 saturated carbocycles. The molecule has 1 fully saturated rings. The van der Waals surface area contributed by atoms with Gasteiger partial charge in [-0.25, -0.2) is 9.97 Å². The molecule has 1 atom stereocenters. The molecule has 0 amide bonds. The quantitative estimate of drug-likeness (QED) is 0.772. The van der Waals surface area contributed by atoms with Crippen molar-refractivity contribution in [3.8, 4) is 5.88 Å². The molecule has 2 N–H and O–H groups in total. The zero-order chi connectivity index (χ0) is 10.7. The summed E-state index contributed by atoms with van der Waals surface area (Å²) >= 11 is 0. The second kappa shape index (κ2) is 4.44. The number of hydrogen-bond acceptors (Lipinski definition) is 5. The SMILES string of the molecule is COc1cc(N2CCC(CN)C2)ncn1. The standard InChI is InChI=1S/C10H16N4O/c1-15-10-4-9(12-7-13-10)14-3-2-8(5-11)6-14/h4,7-8H,2-3,5-6,11H2,1H3. The van der Waals surface area contributed by atoms with Crippen molar-refractivity contribution in [1.29, 1.82) is 0 Å². The minimum Gasteiger partial charge on any atom is -0.481 e. The second-order valence-electron chi connectivity index (χ2n) is 3.75. The van der Waals surface area contributed by atoms with E-state index in [1.807, 2.05) is 6.07 Å². The van der Waals surface area contributed by atoms with Crippen molar-refractivity contribution in [3.05, 3.63) is 12.4 Å². The van der Waals surface area contributed by atoms with E-state index in [1.165, 1.54) is 6.33 Å². The fourth-order valence-corrected chi connectivity index (χ4v) is 1.85. The van der Waals surface area contributed by atoms with Crippen molar-refractivity contribution in [2.75, 3.05) is 31.6 Å². The first-order chi connectivity index (χ1) is 7.33. The monoisotopic (exact) mass is 208 g/mol. The van der Waals surface area contributed by atoms with Crippen LogP contribution < -0.4 is 15.4 Å². The molecule has 0 radical (unpaired) electrons. The Morgan fingerprint density at radius 3 is 3.13 bits per heavy atom. The van der Waals surface area contributed by atoms with Crippen molar-refractivity contribution in [3.63, 3.8) is 0 Å². The van der Waals surface area contributed by atoms with Crippen LogP contribution >= 0.6 is 0 Å². The summed E-state index contributed by atoms with van der Waals surface area (Å²) in [5.41, 5.74) is 5.65. The highest BCUT2D eigenvalue weighted by molar-refractivity contribution is 5.41. The molecule has 2 heterocycles. The van der Waals surface area contributed by atoms with E-state index >= 15 is 0 Å². The molecule has 82 valence electrons. The normalized spacial score (nSPS) is 20.7. The highest BCUT2D eigenvalue weighted by Crippen LogP contribution is 2.22. The Hall–Kier alpha value is -1.36. The molecule has 5 nitrogen and oxygen atoms in total. The Morgan fingerprint density at radius 1 is 1.60 bits per heavy atom. The van der Waals surface area contributed by atoms with Gasteiger partial charge in [-0.15, -0.1) is 0 Å². The van der Waals surface area contributed by atoms with Gasteiger partial charge in [-0.1, -0.05) is 0 Å². The summed E-state index contributed by atoms with van der Waals surface area (Å²) in [6, 6.07) is 1.86. The Bertz CT molecular complexity index is 331. The van der Waals surface area contributed by atoms with Crippen molar-refractivity contribution in [2.45, 2.75) is 6.42 Å². The summed E-state index contributed by atoms with van der Waals surface area (Å²) in [5.74, 6) is 2.12. The predicted molar refractivity (Wildman–Crippen MR) is 58.0 cm³/mol. The third-order valence-corrected chi connectivity index (χ3v) is 2.78. The maximum absolute atomic E-state index is 5.65. The van der Waals surface area contributed by atoms with Gasteiger partial charge in [0.15, 0.2) is 0 Å². The van der Waals surface area contributed by atoms with Crippen LogP contribution in [0.1, 0.15) is 6.42 Å². The molecule has 2 rings (SSSR count). The number of hydrogen-bond donors (Lipinski definition) is 1. The molecule has 1 aliphatic heterocycles. The van der Waals surface area contributed by atoms with E-state index in [2.05, 4.69) is 14.9 Å². The smallest absolute Gasteiger partial charge is 0.218 e. The van der Waals surface area contributed by atoms with E-state index in [0.29, 0.717) is 11.8 Å². The van der Waals surface area contributed by atoms with Gasteiger partial charge in [0.05, 0.1) is 7.11 Å². The first kappa shape index (κ1) is 10.2. The van der Waals surface area contributed by atoms with E-state index in [4.69, 9.17) is 10.5 Å². The third kappa shape index (κ3) is 2.18. The zero-order valence-electron chi connectivity index (χ0n) is 8.89. The summed E-state index contributed by atoms with van der Waals surface area (Å²) in [7, 11) is 1.61. The van der Waals surface area contributed by atoms with Gasteiger partial charge in [0, 0.05) is 19.2 Å². The van der Waals surface area contributed by atoms with E-state index in [1.54, 1.807) is 7.11 Å². The second-order valence-corrected chi connectivity index (χ2v) is 3.75. The average Bonchev–Trinajstić information content (AvgIpc) is 2.78. The number of nitrogens with zero attached hydrogens (tertiary/aromatic N) is 3. The Morgan fingerprint density at radius 2 is 2.47 bits per heavy atom. The van der Waals surface area contributed by atoms with Crippen LogP contribution in [0.4, 0.5) is 5.82 Å². The molecular formula is C10H16N4O. The van der Waals surface area contributed by atoms with E-state index in [0.717, 1.165) is 31.9 Å². The summed E-state index contributed by atoms with van der Waals surface area (Å²) < 4.78 is 5.07. The van der Waals surface area contributed by atoms with Crippen LogP contribution in [-0.2, 0) is 0 Å². The van der Waals surface area contributed by atoms with Crippen LogP contribution in [0.2, 0.25) is 0 Å². The van der Waals surface area contributed by atoms with E-state index < -0.39 is 0 Å². The summed E-state index contributed by atoms with van der Waals surface area (Å²) in [5, 5.41) is 0. The lowest BCUT2D eigenvalue weighted by Crippen LogP contribution is -2.23. The number of ether oxygens (including phenoxy) is 1. The minimum absolute atomic E-state index is 0.589. The molecule has 0 aromatic carbocycles. The molecule has 1 aromatic rings. The van der Waals surface area contributed by atoms with Crippen LogP contribution in [-0.4, -0.2) is 36.7 Å². The Labute approximate surface area is 89.3 Å². The summed E-state index contributed by atoms with van der Waals surface area (Å²) in [6.07, 6.45) is 2.67. The topological polar surface area (TPSA) is 64.3 Å². The molecule has 0 aliphatic carbocycles. The van der Waals surface area contributed by atoms with E-state index in [9.17, 15) is 0 Å². The molecule has 5 heteroatoms. The van der Waals surface area contributed by atoms with Gasteiger partial charge in [-0.05, 0) is 18.9 Å². The van der Waals surface area contributed by atoms with Gasteiger partial charge in [-0.3, -0.25) is 0 Å². The van der Waals surface area contributed by atoms with Crippen molar-refractivity contribution >= 4 is 5.82 Å². The number of anilines is 1. The summed E-state index contributed by atoms with van der Waals surface area (Å²) in [4.78, 5) is 10.4. The van der Waals surface area contributed by atoms with E-state index in [-0.39, 0.29) is 0 Å². The molecule has 1 unspecified atom stereocenters. The molecule has 1 saturated heterocycles. The average molecular weight is 208 g/mol. The van der Waals surface area contributed by atoms with Gasteiger partial charge >= 0.3 is 0 Å². The van der Waals surface area contributed by atoms with Gasteiger partial charge in [0.1, 0.15) is 12.1 Å². The fourth-order valence-electron chi connectivity index (χ4n) is 1.85. The van der Waals surface area contributed by atoms with Crippen LogP contribution in [0.15, 0.2) is 12.4 Å². The molecular weight excluding hydrogens is 192 g/mol. The highest BCUT2D eigenvalue weighted by atomic mass is 16.5. The lowest BCUT2D eigenvalue weighted by atomic mass is 10.1. The Kier molecular flexibility index (Phi) is 3.01. The van der Waals surface area contributed by atoms with Gasteiger partial charge in [-0.2, -0.15) is 0 Å². The van der Waals surface area contributed by atoms with Crippen LogP contribution in [0, 0.1) is 5.92 Å². The lowest BCUT2D eigenvalue weighted by molar-refractivity contribution is 0.397. The van der Waals surface area contributed by atoms with Crippen molar-refractivity contribution < 1.29 is 4.74 Å². The predicted octanol–water partition coefficient (Wildman–Crippen LogP) is 0.270. The molecule has 0 spiro atoms. The molecule has 1 aliphatic rings. The zero-order valence-corrected chi connectivity index (χ0v) is 8.89. The van der Waals surface area contributed by atoms with Gasteiger partial charge in [0.2, 0.25) is 5.88 Å². The molecule has 15 heavy (non-hydrogen) atoms. The number of nitrogens with two attached hydrogens (primary N) is 1. The Balaban J connectivity index is 2.09. The molecule has 1 aromatic heterocycles. The first-order valence-corrected chi connectivity index (χ1v) is 5.14. The van der Waals surface area contributed by atoms with Crippen molar-refractivity contribution in [2.24, 2.45) is 11.7 Å². The largest absolute Gasteiger partial charge is 0.481 e. The maximum Gasteiger partial charge on any atom is 0.218 e. The van der Waals surface area contributed by atoms with Gasteiger partial charge in [0.25, 0.3) is 0 Å². The number of rotatable bonds is 3. The van der Waals surface area contributed by atoms with Gasteiger partial charge < -0.3 is 15.4 Å².